The molecule has 1 amide bonds. The van der Waals surface area contributed by atoms with Gasteiger partial charge in [-0.15, -0.1) is 0 Å². The maximum atomic E-state index is 12.7. The largest absolute Gasteiger partial charge is 0.372 e. The smallest absolute Gasteiger partial charge is 0.228 e. The van der Waals surface area contributed by atoms with Crippen LogP contribution in [0.25, 0.3) is 10.8 Å². The van der Waals surface area contributed by atoms with Crippen molar-refractivity contribution in [2.45, 2.75) is 32.5 Å². The zero-order valence-corrected chi connectivity index (χ0v) is 16.4. The molecule has 1 saturated heterocycles. The van der Waals surface area contributed by atoms with Crippen molar-refractivity contribution in [2.75, 3.05) is 23.3 Å². The van der Waals surface area contributed by atoms with Crippen molar-refractivity contribution >= 4 is 28.1 Å². The van der Waals surface area contributed by atoms with Gasteiger partial charge in [0.15, 0.2) is 0 Å². The Labute approximate surface area is 166 Å². The highest BCUT2D eigenvalue weighted by atomic mass is 16.5. The van der Waals surface area contributed by atoms with Gasteiger partial charge in [-0.2, -0.15) is 0 Å². The van der Waals surface area contributed by atoms with Gasteiger partial charge in [0.1, 0.15) is 0 Å². The number of carbonyl (C=O) groups is 1. The van der Waals surface area contributed by atoms with Crippen LogP contribution < -0.4 is 10.2 Å². The number of nitrogens with one attached hydrogen (secondary N) is 1. The zero-order chi connectivity index (χ0) is 19.5. The number of amides is 1. The number of anilines is 2. The van der Waals surface area contributed by atoms with E-state index in [-0.39, 0.29) is 18.1 Å². The molecule has 0 saturated carbocycles. The summed E-state index contributed by atoms with van der Waals surface area (Å²) >= 11 is 0. The highest BCUT2D eigenvalue weighted by Gasteiger charge is 2.24. The molecule has 3 aromatic carbocycles. The summed E-state index contributed by atoms with van der Waals surface area (Å²) in [5, 5.41) is 5.46. The van der Waals surface area contributed by atoms with E-state index in [9.17, 15) is 4.79 Å². The van der Waals surface area contributed by atoms with Crippen molar-refractivity contribution < 1.29 is 9.53 Å². The topological polar surface area (TPSA) is 41.6 Å². The van der Waals surface area contributed by atoms with Crippen molar-refractivity contribution in [3.63, 3.8) is 0 Å². The van der Waals surface area contributed by atoms with Gasteiger partial charge in [0.2, 0.25) is 5.91 Å². The minimum Gasteiger partial charge on any atom is -0.372 e. The van der Waals surface area contributed by atoms with E-state index in [1.54, 1.807) is 0 Å². The third-order valence-corrected chi connectivity index (χ3v) is 5.12. The molecule has 1 aliphatic heterocycles. The van der Waals surface area contributed by atoms with E-state index in [4.69, 9.17) is 4.74 Å². The van der Waals surface area contributed by atoms with Crippen molar-refractivity contribution in [3.05, 3.63) is 72.3 Å². The molecule has 4 rings (SSSR count). The Morgan fingerprint density at radius 3 is 2.43 bits per heavy atom. The first-order valence-corrected chi connectivity index (χ1v) is 9.85. The van der Waals surface area contributed by atoms with Crippen LogP contribution in [-0.4, -0.2) is 31.2 Å². The van der Waals surface area contributed by atoms with Gasteiger partial charge in [0.05, 0.1) is 30.0 Å². The fourth-order valence-corrected chi connectivity index (χ4v) is 3.96. The van der Waals surface area contributed by atoms with Crippen LogP contribution in [-0.2, 0) is 16.0 Å². The number of carbonyl (C=O) groups excluding carboxylic acids is 1. The fraction of sp³-hybridized carbons (Fsp3) is 0.292. The summed E-state index contributed by atoms with van der Waals surface area (Å²) < 4.78 is 5.84. The maximum absolute atomic E-state index is 12.7. The van der Waals surface area contributed by atoms with E-state index in [0.717, 1.165) is 35.4 Å². The number of benzene rings is 3. The van der Waals surface area contributed by atoms with Crippen molar-refractivity contribution in [3.8, 4) is 0 Å². The molecule has 1 aliphatic rings. The lowest BCUT2D eigenvalue weighted by Gasteiger charge is -2.37. The molecule has 3 aromatic rings. The molecule has 4 heteroatoms. The quantitative estimate of drug-likeness (QED) is 0.724. The summed E-state index contributed by atoms with van der Waals surface area (Å²) in [4.78, 5) is 15.0. The van der Waals surface area contributed by atoms with Crippen LogP contribution >= 0.6 is 0 Å². The average molecular weight is 374 g/mol. The molecule has 0 radical (unpaired) electrons. The van der Waals surface area contributed by atoms with Crippen LogP contribution in [0.1, 0.15) is 19.4 Å². The third-order valence-electron chi connectivity index (χ3n) is 5.12. The molecule has 0 bridgehead atoms. The summed E-state index contributed by atoms with van der Waals surface area (Å²) in [7, 11) is 0. The number of hydrogen-bond donors (Lipinski definition) is 1. The lowest BCUT2D eigenvalue weighted by molar-refractivity contribution is -0.115. The summed E-state index contributed by atoms with van der Waals surface area (Å²) in [5.41, 5.74) is 2.92. The first-order valence-electron chi connectivity index (χ1n) is 9.85. The SMILES string of the molecule is CC1CN(c2ccccc2NC(=O)Cc2ccc3ccccc3c2)CC(C)O1. The summed E-state index contributed by atoms with van der Waals surface area (Å²) in [5.74, 6) is -0.00270. The molecule has 28 heavy (non-hydrogen) atoms. The number of hydrogen-bond acceptors (Lipinski definition) is 3. The van der Waals surface area contributed by atoms with Crippen molar-refractivity contribution in [1.82, 2.24) is 0 Å². The molecular formula is C24H26N2O2. The van der Waals surface area contributed by atoms with Gasteiger partial charge in [0.25, 0.3) is 0 Å². The highest BCUT2D eigenvalue weighted by Crippen LogP contribution is 2.28. The van der Waals surface area contributed by atoms with E-state index in [2.05, 4.69) is 54.4 Å². The predicted molar refractivity (Wildman–Crippen MR) is 115 cm³/mol. The number of ether oxygens (including phenoxy) is 1. The van der Waals surface area contributed by atoms with E-state index in [1.165, 1.54) is 5.39 Å². The van der Waals surface area contributed by atoms with Gasteiger partial charge < -0.3 is 15.0 Å². The van der Waals surface area contributed by atoms with Crippen LogP contribution in [0, 0.1) is 0 Å². The van der Waals surface area contributed by atoms with Gasteiger partial charge in [-0.05, 0) is 42.3 Å². The molecule has 0 aromatic heterocycles. The van der Waals surface area contributed by atoms with Crippen LogP contribution in [0.5, 0.6) is 0 Å². The molecule has 0 aliphatic carbocycles. The standard InChI is InChI=1S/C24H26N2O2/c1-17-15-26(16-18(2)28-17)23-10-6-5-9-22(23)25-24(27)14-19-11-12-20-7-3-4-8-21(20)13-19/h3-13,17-18H,14-16H2,1-2H3,(H,25,27). The van der Waals surface area contributed by atoms with Crippen LogP contribution in [0.4, 0.5) is 11.4 Å². The fourth-order valence-electron chi connectivity index (χ4n) is 3.96. The van der Waals surface area contributed by atoms with Crippen LogP contribution in [0.15, 0.2) is 66.7 Å². The average Bonchev–Trinajstić information content (AvgIpc) is 2.67. The number of fused-ring (bicyclic) bond motifs is 1. The maximum Gasteiger partial charge on any atom is 0.228 e. The van der Waals surface area contributed by atoms with Crippen molar-refractivity contribution in [2.24, 2.45) is 0 Å². The molecule has 4 nitrogen and oxygen atoms in total. The van der Waals surface area contributed by atoms with E-state index in [0.29, 0.717) is 6.42 Å². The van der Waals surface area contributed by atoms with Gasteiger partial charge in [-0.3, -0.25) is 4.79 Å². The van der Waals surface area contributed by atoms with E-state index in [1.807, 2.05) is 36.4 Å². The van der Waals surface area contributed by atoms with Gasteiger partial charge in [0, 0.05) is 13.1 Å². The second-order valence-corrected chi connectivity index (χ2v) is 7.59. The molecule has 1 N–H and O–H groups in total. The first kappa shape index (κ1) is 18.5. The van der Waals surface area contributed by atoms with Crippen LogP contribution in [0.3, 0.4) is 0 Å². The third kappa shape index (κ3) is 4.18. The second kappa shape index (κ2) is 8.03. The van der Waals surface area contributed by atoms with E-state index >= 15 is 0 Å². The summed E-state index contributed by atoms with van der Waals surface area (Å²) in [6.07, 6.45) is 0.699. The number of rotatable bonds is 4. The van der Waals surface area contributed by atoms with Crippen molar-refractivity contribution in [1.29, 1.82) is 0 Å². The number of para-hydroxylation sites is 2. The Kier molecular flexibility index (Phi) is 5.31. The monoisotopic (exact) mass is 374 g/mol. The zero-order valence-electron chi connectivity index (χ0n) is 16.4. The number of nitrogens with zero attached hydrogens (tertiary/aromatic N) is 1. The molecule has 2 atom stereocenters. The summed E-state index contributed by atoms with van der Waals surface area (Å²) in [6.45, 7) is 5.82. The first-order chi connectivity index (χ1) is 13.6. The molecule has 0 spiro atoms. The van der Waals surface area contributed by atoms with Gasteiger partial charge >= 0.3 is 0 Å². The predicted octanol–water partition coefficient (Wildman–Crippen LogP) is 4.63. The van der Waals surface area contributed by atoms with E-state index < -0.39 is 0 Å². The Balaban J connectivity index is 1.50. The molecule has 1 fully saturated rings. The van der Waals surface area contributed by atoms with Gasteiger partial charge in [-0.25, -0.2) is 0 Å². The molecular weight excluding hydrogens is 348 g/mol. The Morgan fingerprint density at radius 1 is 0.964 bits per heavy atom. The Bertz CT molecular complexity index is 975. The molecule has 1 heterocycles. The minimum atomic E-state index is -0.00270. The molecule has 2 unspecified atom stereocenters. The van der Waals surface area contributed by atoms with Gasteiger partial charge in [-0.1, -0.05) is 54.6 Å². The highest BCUT2D eigenvalue weighted by molar-refractivity contribution is 5.96. The lowest BCUT2D eigenvalue weighted by Crippen LogP contribution is -2.45. The molecule has 144 valence electrons. The second-order valence-electron chi connectivity index (χ2n) is 7.59. The normalized spacial score (nSPS) is 19.6. The number of morpholine rings is 1. The van der Waals surface area contributed by atoms with Crippen LogP contribution in [0.2, 0.25) is 0 Å². The Morgan fingerprint density at radius 2 is 1.64 bits per heavy atom. The minimum absolute atomic E-state index is 0.00270. The lowest BCUT2D eigenvalue weighted by atomic mass is 10.0. The Hall–Kier alpha value is -2.85. The summed E-state index contributed by atoms with van der Waals surface area (Å²) in [6, 6.07) is 22.4.